The van der Waals surface area contributed by atoms with Crippen molar-refractivity contribution in [3.8, 4) is 0 Å². The summed E-state index contributed by atoms with van der Waals surface area (Å²) in [5, 5.41) is 4.16. The number of hydrogen-bond acceptors (Lipinski definition) is 4. The van der Waals surface area contributed by atoms with E-state index in [9.17, 15) is 0 Å². The molecule has 1 saturated heterocycles. The zero-order valence-corrected chi connectivity index (χ0v) is 13.8. The molecule has 0 spiro atoms. The molecule has 2 rings (SSSR count). The van der Waals surface area contributed by atoms with Gasteiger partial charge in [0.15, 0.2) is 0 Å². The van der Waals surface area contributed by atoms with Crippen LogP contribution in [0.4, 0.5) is 5.69 Å². The first-order valence-electron chi connectivity index (χ1n) is 7.48. The SMILES string of the molecule is COCCNCc1cc(Cl)ccc1N1CC(C)OC(C)C1. The highest BCUT2D eigenvalue weighted by molar-refractivity contribution is 6.30. The Morgan fingerprint density at radius 1 is 1.33 bits per heavy atom. The molecule has 0 saturated carbocycles. The lowest BCUT2D eigenvalue weighted by molar-refractivity contribution is -0.00526. The molecule has 0 bridgehead atoms. The van der Waals surface area contributed by atoms with E-state index in [0.717, 1.165) is 31.2 Å². The van der Waals surface area contributed by atoms with Crippen LogP contribution in [0.3, 0.4) is 0 Å². The molecule has 0 aromatic heterocycles. The Hall–Kier alpha value is -0.810. The van der Waals surface area contributed by atoms with Crippen molar-refractivity contribution in [3.05, 3.63) is 28.8 Å². The lowest BCUT2D eigenvalue weighted by atomic mass is 10.1. The number of morpholine rings is 1. The molecule has 1 aromatic rings. The smallest absolute Gasteiger partial charge is 0.0726 e. The van der Waals surface area contributed by atoms with E-state index in [4.69, 9.17) is 21.1 Å². The molecule has 2 unspecified atom stereocenters. The van der Waals surface area contributed by atoms with Crippen molar-refractivity contribution in [2.45, 2.75) is 32.6 Å². The largest absolute Gasteiger partial charge is 0.383 e. The van der Waals surface area contributed by atoms with Gasteiger partial charge in [0, 0.05) is 44.0 Å². The Labute approximate surface area is 132 Å². The highest BCUT2D eigenvalue weighted by atomic mass is 35.5. The monoisotopic (exact) mass is 312 g/mol. The number of nitrogens with one attached hydrogen (secondary N) is 1. The fourth-order valence-corrected chi connectivity index (χ4v) is 2.97. The normalized spacial score (nSPS) is 22.6. The number of methoxy groups -OCH3 is 1. The van der Waals surface area contributed by atoms with E-state index in [0.29, 0.717) is 6.61 Å². The average Bonchev–Trinajstić information content (AvgIpc) is 2.42. The summed E-state index contributed by atoms with van der Waals surface area (Å²) in [6, 6.07) is 6.11. The Bertz CT molecular complexity index is 446. The number of nitrogens with zero attached hydrogens (tertiary/aromatic N) is 1. The summed E-state index contributed by atoms with van der Waals surface area (Å²) in [7, 11) is 1.71. The molecule has 1 N–H and O–H groups in total. The van der Waals surface area contributed by atoms with E-state index in [1.165, 1.54) is 11.3 Å². The van der Waals surface area contributed by atoms with Crippen LogP contribution < -0.4 is 10.2 Å². The first-order valence-corrected chi connectivity index (χ1v) is 7.86. The van der Waals surface area contributed by atoms with Crippen molar-refractivity contribution >= 4 is 17.3 Å². The van der Waals surface area contributed by atoms with Crippen molar-refractivity contribution in [2.75, 3.05) is 38.3 Å². The molecule has 1 fully saturated rings. The Kier molecular flexibility index (Phi) is 6.30. The number of halogens is 1. The summed E-state index contributed by atoms with van der Waals surface area (Å²) in [6.07, 6.45) is 0.498. The van der Waals surface area contributed by atoms with Crippen LogP contribution >= 0.6 is 11.6 Å². The summed E-state index contributed by atoms with van der Waals surface area (Å²) in [5.41, 5.74) is 2.46. The molecule has 1 heterocycles. The highest BCUT2D eigenvalue weighted by Gasteiger charge is 2.23. The Morgan fingerprint density at radius 2 is 2.05 bits per heavy atom. The molecule has 1 aliphatic rings. The number of benzene rings is 1. The molecular formula is C16H25ClN2O2. The molecule has 2 atom stereocenters. The molecule has 0 amide bonds. The second-order valence-electron chi connectivity index (χ2n) is 5.60. The van der Waals surface area contributed by atoms with Crippen LogP contribution in [-0.4, -0.2) is 45.6 Å². The molecular weight excluding hydrogens is 288 g/mol. The van der Waals surface area contributed by atoms with E-state index < -0.39 is 0 Å². The van der Waals surface area contributed by atoms with Gasteiger partial charge in [-0.05, 0) is 37.6 Å². The van der Waals surface area contributed by atoms with E-state index in [1.54, 1.807) is 7.11 Å². The van der Waals surface area contributed by atoms with Gasteiger partial charge in [-0.3, -0.25) is 0 Å². The number of ether oxygens (including phenoxy) is 2. The molecule has 21 heavy (non-hydrogen) atoms. The molecule has 1 aromatic carbocycles. The van der Waals surface area contributed by atoms with Crippen LogP contribution in [0.25, 0.3) is 0 Å². The van der Waals surface area contributed by atoms with Gasteiger partial charge in [0.1, 0.15) is 0 Å². The fourth-order valence-electron chi connectivity index (χ4n) is 2.78. The van der Waals surface area contributed by atoms with Gasteiger partial charge >= 0.3 is 0 Å². The Morgan fingerprint density at radius 3 is 2.71 bits per heavy atom. The minimum atomic E-state index is 0.249. The zero-order chi connectivity index (χ0) is 15.2. The van der Waals surface area contributed by atoms with Crippen molar-refractivity contribution in [3.63, 3.8) is 0 Å². The van der Waals surface area contributed by atoms with Crippen molar-refractivity contribution < 1.29 is 9.47 Å². The lowest BCUT2D eigenvalue weighted by Gasteiger charge is -2.38. The molecule has 4 nitrogen and oxygen atoms in total. The number of hydrogen-bond donors (Lipinski definition) is 1. The molecule has 1 aliphatic heterocycles. The second kappa shape index (κ2) is 7.99. The van der Waals surface area contributed by atoms with Gasteiger partial charge < -0.3 is 19.7 Å². The van der Waals surface area contributed by atoms with E-state index in [-0.39, 0.29) is 12.2 Å². The van der Waals surface area contributed by atoms with E-state index >= 15 is 0 Å². The average molecular weight is 313 g/mol. The number of rotatable bonds is 6. The van der Waals surface area contributed by atoms with Gasteiger partial charge in [-0.15, -0.1) is 0 Å². The maximum atomic E-state index is 6.16. The minimum Gasteiger partial charge on any atom is -0.383 e. The standard InChI is InChI=1S/C16H25ClN2O2/c1-12-10-19(11-13(2)21-12)16-5-4-15(17)8-14(16)9-18-6-7-20-3/h4-5,8,12-13,18H,6-7,9-11H2,1-3H3. The summed E-state index contributed by atoms with van der Waals surface area (Å²) in [5.74, 6) is 0. The third-order valence-electron chi connectivity index (χ3n) is 3.60. The fraction of sp³-hybridized carbons (Fsp3) is 0.625. The van der Waals surface area contributed by atoms with Crippen LogP contribution in [-0.2, 0) is 16.0 Å². The molecule has 0 aliphatic carbocycles. The van der Waals surface area contributed by atoms with E-state index in [1.807, 2.05) is 12.1 Å². The first kappa shape index (κ1) is 16.6. The minimum absolute atomic E-state index is 0.249. The van der Waals surface area contributed by atoms with Crippen molar-refractivity contribution in [2.24, 2.45) is 0 Å². The summed E-state index contributed by atoms with van der Waals surface area (Å²) < 4.78 is 10.9. The molecule has 118 valence electrons. The van der Waals surface area contributed by atoms with Crippen molar-refractivity contribution in [1.29, 1.82) is 0 Å². The predicted octanol–water partition coefficient (Wildman–Crippen LogP) is 2.69. The van der Waals surface area contributed by atoms with Gasteiger partial charge in [-0.2, -0.15) is 0 Å². The maximum absolute atomic E-state index is 6.16. The highest BCUT2D eigenvalue weighted by Crippen LogP contribution is 2.27. The van der Waals surface area contributed by atoms with E-state index in [2.05, 4.69) is 30.1 Å². The van der Waals surface area contributed by atoms with Gasteiger partial charge in [0.2, 0.25) is 0 Å². The summed E-state index contributed by atoms with van der Waals surface area (Å²) in [6.45, 7) is 8.40. The molecule has 0 radical (unpaired) electrons. The third-order valence-corrected chi connectivity index (χ3v) is 3.84. The number of anilines is 1. The molecule has 5 heteroatoms. The van der Waals surface area contributed by atoms with Crippen LogP contribution in [0.15, 0.2) is 18.2 Å². The topological polar surface area (TPSA) is 33.7 Å². The van der Waals surface area contributed by atoms with Crippen LogP contribution in [0.1, 0.15) is 19.4 Å². The van der Waals surface area contributed by atoms with Crippen LogP contribution in [0, 0.1) is 0 Å². The Balaban J connectivity index is 2.10. The maximum Gasteiger partial charge on any atom is 0.0726 e. The summed E-state index contributed by atoms with van der Waals surface area (Å²) in [4.78, 5) is 2.39. The van der Waals surface area contributed by atoms with Gasteiger partial charge in [0.05, 0.1) is 18.8 Å². The second-order valence-corrected chi connectivity index (χ2v) is 6.04. The summed E-state index contributed by atoms with van der Waals surface area (Å²) >= 11 is 6.16. The van der Waals surface area contributed by atoms with Crippen LogP contribution in [0.2, 0.25) is 5.02 Å². The van der Waals surface area contributed by atoms with Gasteiger partial charge in [0.25, 0.3) is 0 Å². The van der Waals surface area contributed by atoms with Gasteiger partial charge in [-0.1, -0.05) is 11.6 Å². The van der Waals surface area contributed by atoms with Gasteiger partial charge in [-0.25, -0.2) is 0 Å². The predicted molar refractivity (Wildman–Crippen MR) is 87.3 cm³/mol. The van der Waals surface area contributed by atoms with Crippen LogP contribution in [0.5, 0.6) is 0 Å². The zero-order valence-electron chi connectivity index (χ0n) is 13.1. The quantitative estimate of drug-likeness (QED) is 0.819. The first-order chi connectivity index (χ1) is 10.1. The lowest BCUT2D eigenvalue weighted by Crippen LogP contribution is -2.46. The van der Waals surface area contributed by atoms with Crippen molar-refractivity contribution in [1.82, 2.24) is 5.32 Å². The third kappa shape index (κ3) is 4.85.